The number of halogens is 3. The van der Waals surface area contributed by atoms with Gasteiger partial charge in [0.2, 0.25) is 0 Å². The molecule has 3 heteroatoms. The molecule has 18 heavy (non-hydrogen) atoms. The lowest BCUT2D eigenvalue weighted by Crippen LogP contribution is -2.05. The van der Waals surface area contributed by atoms with Crippen molar-refractivity contribution >= 4 is 43.5 Å². The Hall–Kier alpha value is -0.310. The SMILES string of the molecule is Clc1ccccc1CC(CBr)c1ccccc1Br. The number of alkyl halides is 1. The molecule has 0 radical (unpaired) electrons. The third-order valence-corrected chi connectivity index (χ3v) is 4.83. The van der Waals surface area contributed by atoms with Crippen LogP contribution in [-0.4, -0.2) is 5.33 Å². The van der Waals surface area contributed by atoms with Gasteiger partial charge in [-0.25, -0.2) is 0 Å². The molecule has 0 amide bonds. The van der Waals surface area contributed by atoms with Gasteiger partial charge >= 0.3 is 0 Å². The summed E-state index contributed by atoms with van der Waals surface area (Å²) in [5.41, 5.74) is 2.51. The van der Waals surface area contributed by atoms with Crippen LogP contribution in [0.3, 0.4) is 0 Å². The van der Waals surface area contributed by atoms with E-state index in [1.807, 2.05) is 24.3 Å². The fourth-order valence-electron chi connectivity index (χ4n) is 1.98. The van der Waals surface area contributed by atoms with Crippen LogP contribution in [0.2, 0.25) is 5.02 Å². The van der Waals surface area contributed by atoms with Gasteiger partial charge in [0.25, 0.3) is 0 Å². The Kier molecular flexibility index (Phi) is 5.28. The fraction of sp³-hybridized carbons (Fsp3) is 0.200. The molecule has 2 aromatic carbocycles. The molecule has 0 saturated carbocycles. The van der Waals surface area contributed by atoms with Gasteiger partial charge in [-0.1, -0.05) is 79.9 Å². The zero-order chi connectivity index (χ0) is 13.0. The monoisotopic (exact) mass is 386 g/mol. The molecule has 2 rings (SSSR count). The molecular formula is C15H13Br2Cl. The quantitative estimate of drug-likeness (QED) is 0.579. The standard InChI is InChI=1S/C15H13Br2Cl/c16-10-12(13-6-2-3-7-14(13)17)9-11-5-1-4-8-15(11)18/h1-8,12H,9-10H2. The molecule has 0 nitrogen and oxygen atoms in total. The number of hydrogen-bond acceptors (Lipinski definition) is 0. The van der Waals surface area contributed by atoms with E-state index in [4.69, 9.17) is 11.6 Å². The number of benzene rings is 2. The average Bonchev–Trinajstić information content (AvgIpc) is 2.39. The lowest BCUT2D eigenvalue weighted by molar-refractivity contribution is 0.772. The molecule has 0 bridgehead atoms. The van der Waals surface area contributed by atoms with Crippen LogP contribution in [0.4, 0.5) is 0 Å². The Bertz CT molecular complexity index is 525. The summed E-state index contributed by atoms with van der Waals surface area (Å²) in [5, 5.41) is 1.76. The first-order valence-electron chi connectivity index (χ1n) is 5.76. The zero-order valence-electron chi connectivity index (χ0n) is 9.74. The van der Waals surface area contributed by atoms with Crippen LogP contribution < -0.4 is 0 Å². The van der Waals surface area contributed by atoms with Crippen molar-refractivity contribution < 1.29 is 0 Å². The van der Waals surface area contributed by atoms with Gasteiger partial charge in [-0.05, 0) is 35.6 Å². The molecule has 0 aromatic heterocycles. The largest absolute Gasteiger partial charge is 0.0921 e. The molecule has 1 atom stereocenters. The zero-order valence-corrected chi connectivity index (χ0v) is 13.7. The van der Waals surface area contributed by atoms with Gasteiger partial charge in [0.05, 0.1) is 0 Å². The van der Waals surface area contributed by atoms with Crippen molar-refractivity contribution in [1.82, 2.24) is 0 Å². The van der Waals surface area contributed by atoms with Crippen molar-refractivity contribution in [3.63, 3.8) is 0 Å². The van der Waals surface area contributed by atoms with Gasteiger partial charge in [0.1, 0.15) is 0 Å². The maximum absolute atomic E-state index is 6.23. The van der Waals surface area contributed by atoms with Crippen LogP contribution in [0.25, 0.3) is 0 Å². The molecule has 0 N–H and O–H groups in total. The van der Waals surface area contributed by atoms with Crippen molar-refractivity contribution in [3.05, 3.63) is 69.2 Å². The van der Waals surface area contributed by atoms with Crippen molar-refractivity contribution in [1.29, 1.82) is 0 Å². The summed E-state index contributed by atoms with van der Waals surface area (Å²) in [7, 11) is 0. The van der Waals surface area contributed by atoms with Gasteiger partial charge in [0.15, 0.2) is 0 Å². The van der Waals surface area contributed by atoms with E-state index in [1.54, 1.807) is 0 Å². The van der Waals surface area contributed by atoms with Crippen LogP contribution in [-0.2, 0) is 6.42 Å². The van der Waals surface area contributed by atoms with Gasteiger partial charge in [0, 0.05) is 14.8 Å². The van der Waals surface area contributed by atoms with E-state index < -0.39 is 0 Å². The predicted octanol–water partition coefficient (Wildman–Crippen LogP) is 5.82. The summed E-state index contributed by atoms with van der Waals surface area (Å²) in [6, 6.07) is 16.4. The lowest BCUT2D eigenvalue weighted by atomic mass is 9.94. The second-order valence-electron chi connectivity index (χ2n) is 4.17. The van der Waals surface area contributed by atoms with Crippen LogP contribution in [0.5, 0.6) is 0 Å². The minimum atomic E-state index is 0.417. The molecule has 0 aliphatic rings. The highest BCUT2D eigenvalue weighted by atomic mass is 79.9. The molecule has 2 aromatic rings. The van der Waals surface area contributed by atoms with Crippen molar-refractivity contribution in [2.75, 3.05) is 5.33 Å². The Morgan fingerprint density at radius 1 is 1.00 bits per heavy atom. The summed E-state index contributed by atoms with van der Waals surface area (Å²) in [4.78, 5) is 0. The third kappa shape index (κ3) is 3.37. The Morgan fingerprint density at radius 2 is 1.67 bits per heavy atom. The van der Waals surface area contributed by atoms with E-state index >= 15 is 0 Å². The minimum absolute atomic E-state index is 0.417. The first-order chi connectivity index (χ1) is 8.72. The summed E-state index contributed by atoms with van der Waals surface area (Å²) in [5.74, 6) is 0.417. The molecule has 0 saturated heterocycles. The molecule has 0 heterocycles. The molecule has 0 aliphatic heterocycles. The number of hydrogen-bond donors (Lipinski definition) is 0. The van der Waals surface area contributed by atoms with E-state index in [0.717, 1.165) is 21.2 Å². The molecule has 0 spiro atoms. The van der Waals surface area contributed by atoms with Crippen molar-refractivity contribution in [2.24, 2.45) is 0 Å². The van der Waals surface area contributed by atoms with E-state index in [2.05, 4.69) is 56.1 Å². The van der Waals surface area contributed by atoms with E-state index in [-0.39, 0.29) is 0 Å². The van der Waals surface area contributed by atoms with Gasteiger partial charge < -0.3 is 0 Å². The first kappa shape index (κ1) is 14.1. The maximum atomic E-state index is 6.23. The molecular weight excluding hydrogens is 375 g/mol. The second-order valence-corrected chi connectivity index (χ2v) is 6.08. The van der Waals surface area contributed by atoms with Crippen LogP contribution >= 0.6 is 43.5 Å². The molecule has 1 unspecified atom stereocenters. The minimum Gasteiger partial charge on any atom is -0.0921 e. The van der Waals surface area contributed by atoms with E-state index in [9.17, 15) is 0 Å². The molecule has 0 aliphatic carbocycles. The Morgan fingerprint density at radius 3 is 2.33 bits per heavy atom. The van der Waals surface area contributed by atoms with E-state index in [0.29, 0.717) is 5.92 Å². The van der Waals surface area contributed by atoms with Gasteiger partial charge in [-0.15, -0.1) is 0 Å². The second kappa shape index (κ2) is 6.74. The highest BCUT2D eigenvalue weighted by molar-refractivity contribution is 9.10. The summed E-state index contributed by atoms with van der Waals surface area (Å²) in [6.07, 6.45) is 0.938. The van der Waals surface area contributed by atoms with Gasteiger partial charge in [-0.3, -0.25) is 0 Å². The summed E-state index contributed by atoms with van der Waals surface area (Å²) >= 11 is 13.4. The average molecular weight is 389 g/mol. The maximum Gasteiger partial charge on any atom is 0.0438 e. The first-order valence-corrected chi connectivity index (χ1v) is 8.05. The van der Waals surface area contributed by atoms with Crippen molar-refractivity contribution in [2.45, 2.75) is 12.3 Å². The topological polar surface area (TPSA) is 0 Å². The Balaban J connectivity index is 2.26. The highest BCUT2D eigenvalue weighted by Crippen LogP contribution is 2.31. The molecule has 0 fully saturated rings. The van der Waals surface area contributed by atoms with Crippen LogP contribution in [0.1, 0.15) is 17.0 Å². The number of rotatable bonds is 4. The van der Waals surface area contributed by atoms with Crippen LogP contribution in [0, 0.1) is 0 Å². The summed E-state index contributed by atoms with van der Waals surface area (Å²) < 4.78 is 1.15. The van der Waals surface area contributed by atoms with Crippen LogP contribution in [0.15, 0.2) is 53.0 Å². The molecule has 94 valence electrons. The lowest BCUT2D eigenvalue weighted by Gasteiger charge is -2.17. The fourth-order valence-corrected chi connectivity index (χ4v) is 3.38. The summed E-state index contributed by atoms with van der Waals surface area (Å²) in [6.45, 7) is 0. The Labute approximate surface area is 130 Å². The highest BCUT2D eigenvalue weighted by Gasteiger charge is 2.15. The smallest absolute Gasteiger partial charge is 0.0438 e. The van der Waals surface area contributed by atoms with Gasteiger partial charge in [-0.2, -0.15) is 0 Å². The normalized spacial score (nSPS) is 12.4. The predicted molar refractivity (Wildman–Crippen MR) is 85.8 cm³/mol. The third-order valence-electron chi connectivity index (χ3n) is 2.96. The van der Waals surface area contributed by atoms with Crippen molar-refractivity contribution in [3.8, 4) is 0 Å². The van der Waals surface area contributed by atoms with E-state index in [1.165, 1.54) is 11.1 Å².